The SMILES string of the molecule is Cn1cc(C[C@H]2[C@H](OCC3CC3)CCN2C(=O)CC2CC2)cn1. The summed E-state index contributed by atoms with van der Waals surface area (Å²) >= 11 is 0. The van der Waals surface area contributed by atoms with Crippen molar-refractivity contribution in [1.29, 1.82) is 0 Å². The first-order chi connectivity index (χ1) is 11.2. The van der Waals surface area contributed by atoms with Gasteiger partial charge in [-0.2, -0.15) is 5.10 Å². The van der Waals surface area contributed by atoms with Crippen LogP contribution in [0.25, 0.3) is 0 Å². The van der Waals surface area contributed by atoms with Gasteiger partial charge in [-0.25, -0.2) is 0 Å². The minimum Gasteiger partial charge on any atom is -0.376 e. The molecule has 1 aromatic rings. The minimum atomic E-state index is 0.184. The van der Waals surface area contributed by atoms with Gasteiger partial charge in [-0.05, 0) is 55.9 Å². The second-order valence-electron chi connectivity index (χ2n) is 7.63. The van der Waals surface area contributed by atoms with Crippen LogP contribution in [-0.4, -0.2) is 45.9 Å². The molecule has 0 unspecified atom stereocenters. The molecule has 23 heavy (non-hydrogen) atoms. The van der Waals surface area contributed by atoms with Crippen LogP contribution >= 0.6 is 0 Å². The largest absolute Gasteiger partial charge is 0.376 e. The first kappa shape index (κ1) is 15.2. The molecule has 0 aromatic carbocycles. The summed E-state index contributed by atoms with van der Waals surface area (Å²) < 4.78 is 8.03. The second-order valence-corrected chi connectivity index (χ2v) is 7.63. The quantitative estimate of drug-likeness (QED) is 0.774. The van der Waals surface area contributed by atoms with Crippen molar-refractivity contribution in [3.05, 3.63) is 18.0 Å². The summed E-state index contributed by atoms with van der Waals surface area (Å²) in [7, 11) is 1.94. The maximum absolute atomic E-state index is 12.6. The molecule has 0 radical (unpaired) electrons. The number of amides is 1. The van der Waals surface area contributed by atoms with Crippen LogP contribution in [0, 0.1) is 11.8 Å². The summed E-state index contributed by atoms with van der Waals surface area (Å²) in [6, 6.07) is 0.184. The topological polar surface area (TPSA) is 47.4 Å². The highest BCUT2D eigenvalue weighted by atomic mass is 16.5. The number of hydrogen-bond acceptors (Lipinski definition) is 3. The molecule has 3 aliphatic rings. The molecule has 0 N–H and O–H groups in total. The third-order valence-electron chi connectivity index (χ3n) is 5.41. The van der Waals surface area contributed by atoms with Gasteiger partial charge in [-0.15, -0.1) is 0 Å². The predicted octanol–water partition coefficient (Wildman–Crippen LogP) is 2.16. The predicted molar refractivity (Wildman–Crippen MR) is 86.8 cm³/mol. The van der Waals surface area contributed by atoms with Gasteiger partial charge in [0.25, 0.3) is 0 Å². The van der Waals surface area contributed by atoms with E-state index in [9.17, 15) is 4.79 Å². The van der Waals surface area contributed by atoms with Crippen molar-refractivity contribution < 1.29 is 9.53 Å². The molecular weight excluding hydrogens is 290 g/mol. The summed E-state index contributed by atoms with van der Waals surface area (Å²) in [5, 5.41) is 4.27. The second kappa shape index (κ2) is 6.27. The van der Waals surface area contributed by atoms with E-state index in [0.29, 0.717) is 11.8 Å². The molecule has 2 atom stereocenters. The van der Waals surface area contributed by atoms with E-state index in [4.69, 9.17) is 4.74 Å². The van der Waals surface area contributed by atoms with Gasteiger partial charge in [0.05, 0.1) is 18.3 Å². The minimum absolute atomic E-state index is 0.184. The van der Waals surface area contributed by atoms with Gasteiger partial charge in [-0.1, -0.05) is 0 Å². The number of likely N-dealkylation sites (tertiary alicyclic amines) is 1. The van der Waals surface area contributed by atoms with E-state index in [-0.39, 0.29) is 12.1 Å². The van der Waals surface area contributed by atoms with Gasteiger partial charge in [0.2, 0.25) is 5.91 Å². The van der Waals surface area contributed by atoms with E-state index < -0.39 is 0 Å². The zero-order chi connectivity index (χ0) is 15.8. The van der Waals surface area contributed by atoms with Crippen LogP contribution in [0.15, 0.2) is 12.4 Å². The lowest BCUT2D eigenvalue weighted by Gasteiger charge is -2.28. The van der Waals surface area contributed by atoms with Crippen LogP contribution < -0.4 is 0 Å². The molecule has 5 nitrogen and oxygen atoms in total. The Hall–Kier alpha value is -1.36. The molecule has 5 heteroatoms. The maximum atomic E-state index is 12.6. The van der Waals surface area contributed by atoms with Crippen LogP contribution in [0.2, 0.25) is 0 Å². The van der Waals surface area contributed by atoms with Gasteiger partial charge in [-0.3, -0.25) is 9.48 Å². The average Bonchev–Trinajstić information content (AvgIpc) is 3.44. The molecule has 1 amide bonds. The highest BCUT2D eigenvalue weighted by molar-refractivity contribution is 5.77. The molecule has 1 saturated heterocycles. The highest BCUT2D eigenvalue weighted by Crippen LogP contribution is 2.35. The number of aromatic nitrogens is 2. The summed E-state index contributed by atoms with van der Waals surface area (Å²) in [6.07, 6.45) is 11.8. The first-order valence-corrected chi connectivity index (χ1v) is 9.07. The van der Waals surface area contributed by atoms with Crippen molar-refractivity contribution in [2.45, 2.75) is 57.1 Å². The summed E-state index contributed by atoms with van der Waals surface area (Å²) in [5.41, 5.74) is 1.20. The van der Waals surface area contributed by atoms with Crippen molar-refractivity contribution in [2.75, 3.05) is 13.2 Å². The Balaban J connectivity index is 1.43. The van der Waals surface area contributed by atoms with Gasteiger partial charge in [0.1, 0.15) is 0 Å². The summed E-state index contributed by atoms with van der Waals surface area (Å²) in [4.78, 5) is 14.7. The molecular formula is C18H27N3O2. The summed E-state index contributed by atoms with van der Waals surface area (Å²) in [6.45, 7) is 1.73. The standard InChI is InChI=1S/C18H27N3O2/c1-20-11-15(10-19-20)8-16-17(23-12-14-4-5-14)6-7-21(16)18(22)9-13-2-3-13/h10-11,13-14,16-17H,2-9,12H2,1H3/t16-,17+/m0/s1. The fraction of sp³-hybridized carbons (Fsp3) is 0.778. The number of carbonyl (C=O) groups excluding carboxylic acids is 1. The van der Waals surface area contributed by atoms with Crippen molar-refractivity contribution in [1.82, 2.24) is 14.7 Å². The smallest absolute Gasteiger partial charge is 0.223 e. The summed E-state index contributed by atoms with van der Waals surface area (Å²) in [5.74, 6) is 1.75. The fourth-order valence-electron chi connectivity index (χ4n) is 3.62. The van der Waals surface area contributed by atoms with E-state index >= 15 is 0 Å². The number of nitrogens with zero attached hydrogens (tertiary/aromatic N) is 3. The average molecular weight is 317 g/mol. The van der Waals surface area contributed by atoms with Crippen LogP contribution in [-0.2, 0) is 23.0 Å². The normalized spacial score (nSPS) is 27.6. The van der Waals surface area contributed by atoms with Gasteiger partial charge in [0.15, 0.2) is 0 Å². The molecule has 126 valence electrons. The van der Waals surface area contributed by atoms with Crippen LogP contribution in [0.5, 0.6) is 0 Å². The van der Waals surface area contributed by atoms with Gasteiger partial charge >= 0.3 is 0 Å². The van der Waals surface area contributed by atoms with E-state index in [2.05, 4.69) is 16.2 Å². The van der Waals surface area contributed by atoms with E-state index in [1.165, 1.54) is 31.2 Å². The number of rotatable bonds is 7. The van der Waals surface area contributed by atoms with Crippen LogP contribution in [0.4, 0.5) is 0 Å². The number of hydrogen-bond donors (Lipinski definition) is 0. The monoisotopic (exact) mass is 317 g/mol. The molecule has 1 aliphatic heterocycles. The molecule has 2 aliphatic carbocycles. The zero-order valence-electron chi connectivity index (χ0n) is 14.0. The molecule has 0 spiro atoms. The highest BCUT2D eigenvalue weighted by Gasteiger charge is 2.40. The van der Waals surface area contributed by atoms with Crippen LogP contribution in [0.1, 0.15) is 44.1 Å². The van der Waals surface area contributed by atoms with Gasteiger partial charge < -0.3 is 9.64 Å². The molecule has 3 fully saturated rings. The van der Waals surface area contributed by atoms with Gasteiger partial charge in [0, 0.05) is 32.8 Å². The molecule has 4 rings (SSSR count). The van der Waals surface area contributed by atoms with Crippen molar-refractivity contribution in [3.63, 3.8) is 0 Å². The molecule has 1 aromatic heterocycles. The maximum Gasteiger partial charge on any atom is 0.223 e. The van der Waals surface area contributed by atoms with E-state index in [0.717, 1.165) is 38.3 Å². The lowest BCUT2D eigenvalue weighted by molar-refractivity contribution is -0.133. The Labute approximate surface area is 138 Å². The van der Waals surface area contributed by atoms with E-state index in [1.807, 2.05) is 17.9 Å². The zero-order valence-corrected chi connectivity index (χ0v) is 14.0. The molecule has 0 bridgehead atoms. The Bertz CT molecular complexity index is 562. The Morgan fingerprint density at radius 3 is 2.70 bits per heavy atom. The Kier molecular flexibility index (Phi) is 4.14. The Morgan fingerprint density at radius 1 is 1.26 bits per heavy atom. The van der Waals surface area contributed by atoms with E-state index in [1.54, 1.807) is 0 Å². The molecule has 2 heterocycles. The Morgan fingerprint density at radius 2 is 2.04 bits per heavy atom. The van der Waals surface area contributed by atoms with Crippen molar-refractivity contribution in [2.24, 2.45) is 18.9 Å². The van der Waals surface area contributed by atoms with Crippen LogP contribution in [0.3, 0.4) is 0 Å². The number of ether oxygens (including phenoxy) is 1. The third-order valence-corrected chi connectivity index (χ3v) is 5.41. The fourth-order valence-corrected chi connectivity index (χ4v) is 3.62. The lowest BCUT2D eigenvalue weighted by atomic mass is 10.0. The third kappa shape index (κ3) is 3.77. The number of carbonyl (C=O) groups is 1. The van der Waals surface area contributed by atoms with Crippen molar-refractivity contribution in [3.8, 4) is 0 Å². The van der Waals surface area contributed by atoms with Crippen molar-refractivity contribution >= 4 is 5.91 Å². The number of aryl methyl sites for hydroxylation is 1. The molecule has 2 saturated carbocycles. The first-order valence-electron chi connectivity index (χ1n) is 9.07. The lowest BCUT2D eigenvalue weighted by Crippen LogP contribution is -2.42.